The van der Waals surface area contributed by atoms with Crippen molar-refractivity contribution < 1.29 is 14.7 Å². The van der Waals surface area contributed by atoms with E-state index in [1.807, 2.05) is 0 Å². The molecule has 0 aliphatic carbocycles. The van der Waals surface area contributed by atoms with Crippen LogP contribution in [0.25, 0.3) is 0 Å². The molecule has 15 heavy (non-hydrogen) atoms. The fourth-order valence-corrected chi connectivity index (χ4v) is 1.01. The van der Waals surface area contributed by atoms with Crippen molar-refractivity contribution in [3.8, 4) is 0 Å². The molecule has 5 heteroatoms. The number of aliphatic carboxylic acids is 1. The number of hydrogen-bond acceptors (Lipinski definition) is 3. The highest BCUT2D eigenvalue weighted by Crippen LogP contribution is 2.06. The van der Waals surface area contributed by atoms with E-state index in [-0.39, 0.29) is 12.3 Å². The SMILES string of the molecule is CCC(=O)Nc1ccc(CC(=O)O)nc1. The molecule has 1 aromatic rings. The molecule has 1 aromatic heterocycles. The number of hydrogen-bond donors (Lipinski definition) is 2. The molecule has 0 saturated heterocycles. The van der Waals surface area contributed by atoms with E-state index in [0.29, 0.717) is 17.8 Å². The molecule has 0 saturated carbocycles. The minimum atomic E-state index is -0.923. The Morgan fingerprint density at radius 2 is 2.20 bits per heavy atom. The second-order valence-electron chi connectivity index (χ2n) is 3.01. The summed E-state index contributed by atoms with van der Waals surface area (Å²) in [5, 5.41) is 11.1. The lowest BCUT2D eigenvalue weighted by Crippen LogP contribution is -2.10. The van der Waals surface area contributed by atoms with Crippen molar-refractivity contribution in [3.05, 3.63) is 24.0 Å². The Bertz CT molecular complexity index is 359. The summed E-state index contributed by atoms with van der Waals surface area (Å²) in [6.45, 7) is 1.75. The molecule has 5 nitrogen and oxygen atoms in total. The van der Waals surface area contributed by atoms with Crippen molar-refractivity contribution in [2.24, 2.45) is 0 Å². The minimum Gasteiger partial charge on any atom is -0.481 e. The van der Waals surface area contributed by atoms with Crippen LogP contribution < -0.4 is 5.32 Å². The number of pyridine rings is 1. The lowest BCUT2D eigenvalue weighted by molar-refractivity contribution is -0.136. The number of nitrogens with one attached hydrogen (secondary N) is 1. The predicted molar refractivity (Wildman–Crippen MR) is 54.5 cm³/mol. The maximum atomic E-state index is 11.0. The van der Waals surface area contributed by atoms with E-state index in [1.54, 1.807) is 19.1 Å². The first-order valence-electron chi connectivity index (χ1n) is 4.58. The van der Waals surface area contributed by atoms with Gasteiger partial charge in [-0.3, -0.25) is 14.6 Å². The molecular formula is C10H12N2O3. The van der Waals surface area contributed by atoms with Crippen LogP contribution in [-0.2, 0) is 16.0 Å². The summed E-state index contributed by atoms with van der Waals surface area (Å²) in [6, 6.07) is 3.22. The van der Waals surface area contributed by atoms with Crippen LogP contribution in [0.5, 0.6) is 0 Å². The van der Waals surface area contributed by atoms with Gasteiger partial charge in [0, 0.05) is 6.42 Å². The molecule has 0 bridgehead atoms. The normalized spacial score (nSPS) is 9.67. The Kier molecular flexibility index (Phi) is 3.79. The third-order valence-electron chi connectivity index (χ3n) is 1.76. The number of amides is 1. The summed E-state index contributed by atoms with van der Waals surface area (Å²) in [4.78, 5) is 25.3. The smallest absolute Gasteiger partial charge is 0.309 e. The monoisotopic (exact) mass is 208 g/mol. The molecular weight excluding hydrogens is 196 g/mol. The van der Waals surface area contributed by atoms with Gasteiger partial charge in [0.2, 0.25) is 5.91 Å². The second kappa shape index (κ2) is 5.09. The third kappa shape index (κ3) is 3.76. The summed E-state index contributed by atoms with van der Waals surface area (Å²) in [7, 11) is 0. The van der Waals surface area contributed by atoms with E-state index < -0.39 is 5.97 Å². The molecule has 0 unspecified atom stereocenters. The third-order valence-corrected chi connectivity index (χ3v) is 1.76. The van der Waals surface area contributed by atoms with Crippen LogP contribution in [-0.4, -0.2) is 22.0 Å². The molecule has 0 radical (unpaired) electrons. The number of carboxylic acid groups (broad SMARTS) is 1. The summed E-state index contributed by atoms with van der Waals surface area (Å²) in [5.41, 5.74) is 1.05. The van der Waals surface area contributed by atoms with Crippen molar-refractivity contribution in [1.82, 2.24) is 4.98 Å². The number of aromatic nitrogens is 1. The van der Waals surface area contributed by atoms with Crippen LogP contribution in [0.2, 0.25) is 0 Å². The van der Waals surface area contributed by atoms with E-state index >= 15 is 0 Å². The first kappa shape index (κ1) is 11.2. The topological polar surface area (TPSA) is 79.3 Å². The van der Waals surface area contributed by atoms with Gasteiger partial charge in [-0.25, -0.2) is 0 Å². The van der Waals surface area contributed by atoms with Crippen LogP contribution in [0.4, 0.5) is 5.69 Å². The van der Waals surface area contributed by atoms with Gasteiger partial charge in [0.15, 0.2) is 0 Å². The second-order valence-corrected chi connectivity index (χ2v) is 3.01. The van der Waals surface area contributed by atoms with Gasteiger partial charge in [0.1, 0.15) is 0 Å². The first-order chi connectivity index (χ1) is 7.11. The Balaban J connectivity index is 2.64. The Morgan fingerprint density at radius 1 is 1.47 bits per heavy atom. The van der Waals surface area contributed by atoms with Crippen molar-refractivity contribution in [2.45, 2.75) is 19.8 Å². The van der Waals surface area contributed by atoms with Crippen LogP contribution in [0.3, 0.4) is 0 Å². The maximum Gasteiger partial charge on any atom is 0.309 e. The molecule has 0 aromatic carbocycles. The zero-order chi connectivity index (χ0) is 11.3. The molecule has 0 aliphatic heterocycles. The maximum absolute atomic E-state index is 11.0. The Hall–Kier alpha value is -1.91. The van der Waals surface area contributed by atoms with Crippen LogP contribution >= 0.6 is 0 Å². The largest absolute Gasteiger partial charge is 0.481 e. The quantitative estimate of drug-likeness (QED) is 0.775. The van der Waals surface area contributed by atoms with Gasteiger partial charge < -0.3 is 10.4 Å². The van der Waals surface area contributed by atoms with E-state index in [1.165, 1.54) is 6.20 Å². The fraction of sp³-hybridized carbons (Fsp3) is 0.300. The molecule has 1 heterocycles. The van der Waals surface area contributed by atoms with Gasteiger partial charge in [0.25, 0.3) is 0 Å². The fourth-order valence-electron chi connectivity index (χ4n) is 1.01. The predicted octanol–water partition coefficient (Wildman–Crippen LogP) is 1.06. The van der Waals surface area contributed by atoms with Crippen LogP contribution in [0.15, 0.2) is 18.3 Å². The van der Waals surface area contributed by atoms with Gasteiger partial charge in [-0.05, 0) is 12.1 Å². The Morgan fingerprint density at radius 3 is 2.67 bits per heavy atom. The molecule has 1 amide bonds. The number of carboxylic acids is 1. The van der Waals surface area contributed by atoms with Crippen molar-refractivity contribution in [3.63, 3.8) is 0 Å². The average molecular weight is 208 g/mol. The van der Waals surface area contributed by atoms with E-state index in [0.717, 1.165) is 0 Å². The molecule has 0 spiro atoms. The number of rotatable bonds is 4. The Labute approximate surface area is 87.1 Å². The van der Waals surface area contributed by atoms with E-state index in [4.69, 9.17) is 5.11 Å². The van der Waals surface area contributed by atoms with Crippen molar-refractivity contribution in [1.29, 1.82) is 0 Å². The lowest BCUT2D eigenvalue weighted by Gasteiger charge is -2.03. The first-order valence-corrected chi connectivity index (χ1v) is 4.58. The summed E-state index contributed by atoms with van der Waals surface area (Å²) < 4.78 is 0. The van der Waals surface area contributed by atoms with Gasteiger partial charge in [-0.15, -0.1) is 0 Å². The highest BCUT2D eigenvalue weighted by atomic mass is 16.4. The highest BCUT2D eigenvalue weighted by Gasteiger charge is 2.03. The number of nitrogens with zero attached hydrogens (tertiary/aromatic N) is 1. The van der Waals surface area contributed by atoms with Gasteiger partial charge in [0.05, 0.1) is 24.0 Å². The standard InChI is InChI=1S/C10H12N2O3/c1-2-9(13)12-8-4-3-7(11-6-8)5-10(14)15/h3-4,6H,2,5H2,1H3,(H,12,13)(H,14,15). The van der Waals surface area contributed by atoms with Crippen LogP contribution in [0.1, 0.15) is 19.0 Å². The van der Waals surface area contributed by atoms with Crippen molar-refractivity contribution in [2.75, 3.05) is 5.32 Å². The average Bonchev–Trinajstić information content (AvgIpc) is 2.20. The van der Waals surface area contributed by atoms with E-state index in [9.17, 15) is 9.59 Å². The van der Waals surface area contributed by atoms with Crippen molar-refractivity contribution >= 4 is 17.6 Å². The molecule has 1 rings (SSSR count). The van der Waals surface area contributed by atoms with Gasteiger partial charge in [-0.2, -0.15) is 0 Å². The number of anilines is 1. The zero-order valence-corrected chi connectivity index (χ0v) is 8.36. The number of carbonyl (C=O) groups excluding carboxylic acids is 1. The summed E-state index contributed by atoms with van der Waals surface area (Å²) in [6.07, 6.45) is 1.74. The number of carbonyl (C=O) groups is 2. The highest BCUT2D eigenvalue weighted by molar-refractivity contribution is 5.90. The van der Waals surface area contributed by atoms with E-state index in [2.05, 4.69) is 10.3 Å². The zero-order valence-electron chi connectivity index (χ0n) is 8.36. The molecule has 80 valence electrons. The van der Waals surface area contributed by atoms with Crippen LogP contribution in [0, 0.1) is 0 Å². The van der Waals surface area contributed by atoms with Gasteiger partial charge in [-0.1, -0.05) is 6.92 Å². The van der Waals surface area contributed by atoms with Gasteiger partial charge >= 0.3 is 5.97 Å². The molecule has 0 atom stereocenters. The summed E-state index contributed by atoms with van der Waals surface area (Å²) >= 11 is 0. The summed E-state index contributed by atoms with van der Waals surface area (Å²) in [5.74, 6) is -1.02. The molecule has 0 fully saturated rings. The minimum absolute atomic E-state index is 0.0946. The molecule has 2 N–H and O–H groups in total. The lowest BCUT2D eigenvalue weighted by atomic mass is 10.2. The molecule has 0 aliphatic rings.